The Bertz CT molecular complexity index is 1150. The first kappa shape index (κ1) is 20.9. The molecule has 3 aromatic heterocycles. The lowest BCUT2D eigenvalue weighted by atomic mass is 9.94. The van der Waals surface area contributed by atoms with E-state index >= 15 is 0 Å². The van der Waals surface area contributed by atoms with E-state index in [0.29, 0.717) is 56.3 Å². The number of fused-ring (bicyclic) bond motifs is 1. The number of likely N-dealkylation sites (tertiary alicyclic amines) is 1. The first-order chi connectivity index (χ1) is 15.6. The third-order valence-electron chi connectivity index (χ3n) is 6.29. The number of carbonyl (C=O) groups excluding carboxylic acids is 2. The van der Waals surface area contributed by atoms with Gasteiger partial charge in [-0.25, -0.2) is 4.98 Å². The van der Waals surface area contributed by atoms with Crippen molar-refractivity contribution in [3.05, 3.63) is 57.8 Å². The van der Waals surface area contributed by atoms with E-state index < -0.39 is 0 Å². The Kier molecular flexibility index (Phi) is 5.79. The van der Waals surface area contributed by atoms with Crippen LogP contribution in [0.1, 0.15) is 29.1 Å². The highest BCUT2D eigenvalue weighted by Gasteiger charge is 2.32. The van der Waals surface area contributed by atoms with Crippen LogP contribution in [0.2, 0.25) is 0 Å². The summed E-state index contributed by atoms with van der Waals surface area (Å²) in [4.78, 5) is 48.8. The lowest BCUT2D eigenvalue weighted by Gasteiger charge is -2.38. The van der Waals surface area contributed by atoms with Gasteiger partial charge in [-0.1, -0.05) is 0 Å². The number of piperidine rings is 1. The molecule has 168 valence electrons. The molecule has 0 saturated carbocycles. The molecule has 2 aliphatic rings. The molecule has 0 bridgehead atoms. The molecule has 0 aliphatic carbocycles. The first-order valence-corrected chi connectivity index (χ1v) is 11.8. The number of carbonyl (C=O) groups is 2. The Morgan fingerprint density at radius 2 is 1.88 bits per heavy atom. The smallest absolute Gasteiger partial charge is 0.289 e. The van der Waals surface area contributed by atoms with Crippen molar-refractivity contribution in [3.63, 3.8) is 0 Å². The summed E-state index contributed by atoms with van der Waals surface area (Å²) >= 11 is 1.45. The molecule has 2 saturated heterocycles. The Balaban J connectivity index is 1.11. The first-order valence-electron chi connectivity index (χ1n) is 10.9. The average molecular weight is 456 g/mol. The van der Waals surface area contributed by atoms with Crippen molar-refractivity contribution in [3.8, 4) is 0 Å². The van der Waals surface area contributed by atoms with Gasteiger partial charge in [-0.3, -0.25) is 23.7 Å². The van der Waals surface area contributed by atoms with Crippen LogP contribution in [-0.4, -0.2) is 75.2 Å². The number of rotatable bonds is 4. The monoisotopic (exact) mass is 455 g/mol. The van der Waals surface area contributed by atoms with E-state index in [1.54, 1.807) is 33.7 Å². The molecule has 3 aromatic rings. The van der Waals surface area contributed by atoms with Gasteiger partial charge in [0.15, 0.2) is 10.7 Å². The van der Waals surface area contributed by atoms with E-state index in [4.69, 9.17) is 4.42 Å². The normalized spacial score (nSPS) is 18.4. The van der Waals surface area contributed by atoms with Crippen LogP contribution < -0.4 is 5.56 Å². The summed E-state index contributed by atoms with van der Waals surface area (Å²) in [6, 6.07) is 4.97. The number of thiazole rings is 1. The van der Waals surface area contributed by atoms with Gasteiger partial charge in [0.25, 0.3) is 11.5 Å². The number of nitrogens with zero attached hydrogens (tertiary/aromatic N) is 5. The molecule has 5 rings (SSSR count). The second kappa shape index (κ2) is 8.87. The highest BCUT2D eigenvalue weighted by Crippen LogP contribution is 2.22. The summed E-state index contributed by atoms with van der Waals surface area (Å²) in [6.07, 6.45) is 4.60. The van der Waals surface area contributed by atoms with E-state index in [0.717, 1.165) is 18.8 Å². The predicted octanol–water partition coefficient (Wildman–Crippen LogP) is 1.55. The van der Waals surface area contributed by atoms with Crippen molar-refractivity contribution in [1.29, 1.82) is 0 Å². The van der Waals surface area contributed by atoms with Crippen LogP contribution in [0.25, 0.3) is 4.96 Å². The quantitative estimate of drug-likeness (QED) is 0.593. The largest absolute Gasteiger partial charge is 0.459 e. The zero-order valence-electron chi connectivity index (χ0n) is 17.7. The molecule has 0 unspecified atom stereocenters. The molecule has 10 heteroatoms. The fraction of sp³-hybridized carbons (Fsp3) is 0.455. The van der Waals surface area contributed by atoms with E-state index in [1.807, 2.05) is 10.3 Å². The summed E-state index contributed by atoms with van der Waals surface area (Å²) < 4.78 is 6.75. The molecule has 2 amide bonds. The fourth-order valence-corrected chi connectivity index (χ4v) is 5.21. The fourth-order valence-electron chi connectivity index (χ4n) is 4.47. The summed E-state index contributed by atoms with van der Waals surface area (Å²) in [5.41, 5.74) is 0.711. The van der Waals surface area contributed by atoms with E-state index in [1.165, 1.54) is 17.6 Å². The molecular weight excluding hydrogens is 430 g/mol. The summed E-state index contributed by atoms with van der Waals surface area (Å²) in [5, 5.41) is 1.86. The maximum atomic E-state index is 13.0. The lowest BCUT2D eigenvalue weighted by Crippen LogP contribution is -2.51. The van der Waals surface area contributed by atoms with Crippen molar-refractivity contribution in [1.82, 2.24) is 24.1 Å². The average Bonchev–Trinajstić information content (AvgIpc) is 3.51. The van der Waals surface area contributed by atoms with E-state index in [-0.39, 0.29) is 23.3 Å². The maximum absolute atomic E-state index is 13.0. The topological polar surface area (TPSA) is 91.4 Å². The Morgan fingerprint density at radius 3 is 2.59 bits per heavy atom. The van der Waals surface area contributed by atoms with Crippen molar-refractivity contribution in [2.75, 3.05) is 39.3 Å². The standard InChI is InChI=1S/C22H25N5O4S/c28-19-14-17(23-22-27(19)11-13-32-22)15-24-7-9-26(10-8-24)20(29)16-3-5-25(6-4-16)21(30)18-2-1-12-31-18/h1-2,11-14,16H,3-10,15H2. The van der Waals surface area contributed by atoms with Gasteiger partial charge in [0, 0.05) is 69.4 Å². The summed E-state index contributed by atoms with van der Waals surface area (Å²) in [5.74, 6) is 0.390. The van der Waals surface area contributed by atoms with Gasteiger partial charge in [0.1, 0.15) is 0 Å². The van der Waals surface area contributed by atoms with Crippen molar-refractivity contribution in [2.24, 2.45) is 5.92 Å². The van der Waals surface area contributed by atoms with Crippen molar-refractivity contribution >= 4 is 28.1 Å². The third kappa shape index (κ3) is 4.20. The van der Waals surface area contributed by atoms with Gasteiger partial charge in [0.05, 0.1) is 12.0 Å². The molecule has 0 radical (unpaired) electrons. The van der Waals surface area contributed by atoms with Crippen LogP contribution in [-0.2, 0) is 11.3 Å². The molecule has 5 heterocycles. The minimum absolute atomic E-state index is 0.0369. The summed E-state index contributed by atoms with van der Waals surface area (Å²) in [7, 11) is 0. The Morgan fingerprint density at radius 1 is 1.09 bits per heavy atom. The Hall–Kier alpha value is -2.98. The zero-order valence-corrected chi connectivity index (χ0v) is 18.5. The van der Waals surface area contributed by atoms with Crippen LogP contribution in [0.4, 0.5) is 0 Å². The SMILES string of the molecule is O=C(c1ccco1)N1CCC(C(=O)N2CCN(Cc3cc(=O)n4ccsc4n3)CC2)CC1. The van der Waals surface area contributed by atoms with E-state index in [9.17, 15) is 14.4 Å². The van der Waals surface area contributed by atoms with Gasteiger partial charge < -0.3 is 14.2 Å². The second-order valence-corrected chi connectivity index (χ2v) is 9.16. The van der Waals surface area contributed by atoms with Crippen LogP contribution in [0, 0.1) is 5.92 Å². The van der Waals surface area contributed by atoms with Crippen molar-refractivity contribution in [2.45, 2.75) is 19.4 Å². The molecule has 9 nitrogen and oxygen atoms in total. The zero-order chi connectivity index (χ0) is 22.1. The number of furan rings is 1. The highest BCUT2D eigenvalue weighted by molar-refractivity contribution is 7.15. The predicted molar refractivity (Wildman–Crippen MR) is 119 cm³/mol. The molecule has 0 atom stereocenters. The minimum Gasteiger partial charge on any atom is -0.459 e. The molecular formula is C22H25N5O4S. The number of aromatic nitrogens is 2. The maximum Gasteiger partial charge on any atom is 0.289 e. The third-order valence-corrected chi connectivity index (χ3v) is 7.05. The van der Waals surface area contributed by atoms with Gasteiger partial charge in [-0.2, -0.15) is 0 Å². The minimum atomic E-state index is -0.108. The lowest BCUT2D eigenvalue weighted by molar-refractivity contribution is -0.138. The van der Waals surface area contributed by atoms with Gasteiger partial charge >= 0.3 is 0 Å². The van der Waals surface area contributed by atoms with Gasteiger partial charge in [0.2, 0.25) is 5.91 Å². The van der Waals surface area contributed by atoms with Gasteiger partial charge in [-0.05, 0) is 25.0 Å². The number of hydrogen-bond acceptors (Lipinski definition) is 7. The molecule has 0 spiro atoms. The summed E-state index contributed by atoms with van der Waals surface area (Å²) in [6.45, 7) is 4.61. The van der Waals surface area contributed by atoms with E-state index in [2.05, 4.69) is 9.88 Å². The van der Waals surface area contributed by atoms with Crippen LogP contribution in [0.3, 0.4) is 0 Å². The van der Waals surface area contributed by atoms with Crippen LogP contribution in [0.5, 0.6) is 0 Å². The number of hydrogen-bond donors (Lipinski definition) is 0. The Labute approximate surface area is 188 Å². The molecule has 0 aromatic carbocycles. The molecule has 2 fully saturated rings. The van der Waals surface area contributed by atoms with Crippen molar-refractivity contribution < 1.29 is 14.0 Å². The molecule has 0 N–H and O–H groups in total. The second-order valence-electron chi connectivity index (χ2n) is 8.29. The molecule has 2 aliphatic heterocycles. The van der Waals surface area contributed by atoms with Crippen LogP contribution in [0.15, 0.2) is 45.3 Å². The van der Waals surface area contributed by atoms with Crippen LogP contribution >= 0.6 is 11.3 Å². The number of amides is 2. The number of piperazine rings is 1. The van der Waals surface area contributed by atoms with Gasteiger partial charge in [-0.15, -0.1) is 11.3 Å². The highest BCUT2D eigenvalue weighted by atomic mass is 32.1. The molecule has 32 heavy (non-hydrogen) atoms.